The van der Waals surface area contributed by atoms with E-state index >= 15 is 0 Å². The predicted octanol–water partition coefficient (Wildman–Crippen LogP) is 5.64. The molecule has 1 atom stereocenters. The number of alkyl halides is 3. The molecule has 0 radical (unpaired) electrons. The fraction of sp³-hybridized carbons (Fsp3) is 0.231. The molecular formula is C26H23F3N4O4S. The van der Waals surface area contributed by atoms with E-state index in [-0.39, 0.29) is 22.4 Å². The average Bonchev–Trinajstić information content (AvgIpc) is 3.23. The third-order valence-corrected chi connectivity index (χ3v) is 7.12. The number of anilines is 2. The van der Waals surface area contributed by atoms with Gasteiger partial charge in [-0.25, -0.2) is 4.98 Å². The van der Waals surface area contributed by atoms with Gasteiger partial charge in [-0.15, -0.1) is 11.3 Å². The predicted molar refractivity (Wildman–Crippen MR) is 139 cm³/mol. The van der Waals surface area contributed by atoms with Gasteiger partial charge in [-0.05, 0) is 49.2 Å². The zero-order valence-electron chi connectivity index (χ0n) is 20.6. The Hall–Kier alpha value is -4.19. The fourth-order valence-corrected chi connectivity index (χ4v) is 5.04. The number of benzene rings is 2. The van der Waals surface area contributed by atoms with Gasteiger partial charge in [0.15, 0.2) is 0 Å². The number of amides is 2. The molecule has 0 spiro atoms. The molecule has 2 heterocycles. The number of nitrogens with zero attached hydrogens (tertiary/aromatic N) is 2. The van der Waals surface area contributed by atoms with Crippen molar-refractivity contribution in [2.75, 3.05) is 17.7 Å². The van der Waals surface area contributed by atoms with Gasteiger partial charge in [-0.1, -0.05) is 25.1 Å². The molecule has 0 aliphatic carbocycles. The molecule has 2 aromatic carbocycles. The second kappa shape index (κ2) is 10.7. The maximum Gasteiger partial charge on any atom is 0.416 e. The first kappa shape index (κ1) is 26.9. The summed E-state index contributed by atoms with van der Waals surface area (Å²) in [4.78, 5) is 44.4. The number of hydrogen-bond acceptors (Lipinski definition) is 6. The van der Waals surface area contributed by atoms with Crippen LogP contribution >= 0.6 is 11.3 Å². The van der Waals surface area contributed by atoms with E-state index in [0.717, 1.165) is 28.0 Å². The summed E-state index contributed by atoms with van der Waals surface area (Å²) in [7, 11) is 1.48. The molecule has 4 aromatic rings. The number of thiophene rings is 1. The van der Waals surface area contributed by atoms with Crippen LogP contribution in [0.2, 0.25) is 0 Å². The molecule has 2 aromatic heterocycles. The van der Waals surface area contributed by atoms with E-state index in [1.54, 1.807) is 38.1 Å². The van der Waals surface area contributed by atoms with Gasteiger partial charge in [0.1, 0.15) is 16.6 Å². The van der Waals surface area contributed by atoms with Crippen molar-refractivity contribution in [2.24, 2.45) is 0 Å². The number of carbonyl (C=O) groups excluding carboxylic acids is 2. The summed E-state index contributed by atoms with van der Waals surface area (Å²) in [6.45, 7) is 3.28. The van der Waals surface area contributed by atoms with Crippen LogP contribution in [0.1, 0.15) is 40.2 Å². The lowest BCUT2D eigenvalue weighted by atomic mass is 10.1. The average molecular weight is 545 g/mol. The van der Waals surface area contributed by atoms with Crippen molar-refractivity contribution in [3.05, 3.63) is 81.2 Å². The van der Waals surface area contributed by atoms with Crippen LogP contribution in [-0.4, -0.2) is 28.5 Å². The first-order valence-electron chi connectivity index (χ1n) is 11.5. The monoisotopic (exact) mass is 544 g/mol. The molecule has 2 N–H and O–H groups in total. The zero-order chi connectivity index (χ0) is 27.6. The van der Waals surface area contributed by atoms with Gasteiger partial charge in [0, 0.05) is 5.69 Å². The highest BCUT2D eigenvalue weighted by molar-refractivity contribution is 7.20. The normalized spacial score (nSPS) is 12.3. The van der Waals surface area contributed by atoms with Crippen molar-refractivity contribution in [3.8, 4) is 5.75 Å². The van der Waals surface area contributed by atoms with Crippen LogP contribution in [0.25, 0.3) is 10.2 Å². The van der Waals surface area contributed by atoms with Crippen molar-refractivity contribution in [3.63, 3.8) is 0 Å². The minimum absolute atomic E-state index is 0.0487. The number of ether oxygens (including phenoxy) is 1. The summed E-state index contributed by atoms with van der Waals surface area (Å²) in [6, 6.07) is 10.1. The maximum atomic E-state index is 13.4. The summed E-state index contributed by atoms with van der Waals surface area (Å²) in [5.74, 6) is -0.648. The molecule has 4 rings (SSSR count). The molecule has 198 valence electrons. The molecular weight excluding hydrogens is 521 g/mol. The lowest BCUT2D eigenvalue weighted by Crippen LogP contribution is -2.33. The smallest absolute Gasteiger partial charge is 0.416 e. The summed E-state index contributed by atoms with van der Waals surface area (Å²) < 4.78 is 45.6. The number of hydrogen-bond donors (Lipinski definition) is 2. The standard InChI is InChI=1S/C26H23F3N4O4S/c1-4-18(22(34)31-16-9-7-8-15(12-16)26(27,28)29)33-13-30-24-20(25(33)36)14(2)21(38-24)23(35)32-17-10-5-6-11-19(17)37-3/h5-13,18H,4H2,1-3H3,(H,31,34)(H,32,35). The highest BCUT2D eigenvalue weighted by Gasteiger charge is 2.31. The van der Waals surface area contributed by atoms with Gasteiger partial charge < -0.3 is 15.4 Å². The number of rotatable bonds is 7. The van der Waals surface area contributed by atoms with Crippen molar-refractivity contribution in [1.82, 2.24) is 9.55 Å². The van der Waals surface area contributed by atoms with Crippen molar-refractivity contribution >= 4 is 44.7 Å². The number of carbonyl (C=O) groups is 2. The molecule has 0 saturated carbocycles. The summed E-state index contributed by atoms with van der Waals surface area (Å²) in [5.41, 5.74) is -0.633. The quantitative estimate of drug-likeness (QED) is 0.314. The Morgan fingerprint density at radius 2 is 1.87 bits per heavy atom. The lowest BCUT2D eigenvalue weighted by molar-refractivity contribution is -0.137. The highest BCUT2D eigenvalue weighted by Crippen LogP contribution is 2.32. The molecule has 2 amide bonds. The Morgan fingerprint density at radius 3 is 2.55 bits per heavy atom. The minimum atomic E-state index is -4.57. The van der Waals surface area contributed by atoms with Gasteiger partial charge in [-0.3, -0.25) is 19.0 Å². The number of methoxy groups -OCH3 is 1. The summed E-state index contributed by atoms with van der Waals surface area (Å²) in [6.07, 6.45) is -3.19. The molecule has 0 bridgehead atoms. The Balaban J connectivity index is 1.64. The fourth-order valence-electron chi connectivity index (χ4n) is 4.01. The van der Waals surface area contributed by atoms with E-state index in [2.05, 4.69) is 15.6 Å². The number of fused-ring (bicyclic) bond motifs is 1. The van der Waals surface area contributed by atoms with E-state index in [1.165, 1.54) is 25.6 Å². The number of aromatic nitrogens is 2. The molecule has 0 saturated heterocycles. The summed E-state index contributed by atoms with van der Waals surface area (Å²) >= 11 is 1.04. The van der Waals surface area contributed by atoms with Crippen molar-refractivity contribution in [2.45, 2.75) is 32.5 Å². The molecule has 0 aliphatic heterocycles. The van der Waals surface area contributed by atoms with Crippen LogP contribution in [-0.2, 0) is 11.0 Å². The molecule has 8 nitrogen and oxygen atoms in total. The van der Waals surface area contributed by atoms with Gasteiger partial charge >= 0.3 is 6.18 Å². The van der Waals surface area contributed by atoms with Gasteiger partial charge in [0.05, 0.1) is 35.0 Å². The lowest BCUT2D eigenvalue weighted by Gasteiger charge is -2.18. The largest absolute Gasteiger partial charge is 0.495 e. The Bertz CT molecular complexity index is 1580. The zero-order valence-corrected chi connectivity index (χ0v) is 21.4. The maximum absolute atomic E-state index is 13.4. The van der Waals surface area contributed by atoms with Crippen molar-refractivity contribution in [1.29, 1.82) is 0 Å². The minimum Gasteiger partial charge on any atom is -0.495 e. The van der Waals surface area contributed by atoms with Crippen LogP contribution < -0.4 is 20.9 Å². The molecule has 38 heavy (non-hydrogen) atoms. The highest BCUT2D eigenvalue weighted by atomic mass is 32.1. The Kier molecular flexibility index (Phi) is 7.53. The molecule has 0 fully saturated rings. The Labute approximate surface area is 219 Å². The van der Waals surface area contributed by atoms with Crippen LogP contribution in [0.15, 0.2) is 59.7 Å². The summed E-state index contributed by atoms with van der Waals surface area (Å²) in [5, 5.41) is 5.42. The van der Waals surface area contributed by atoms with E-state index in [9.17, 15) is 27.6 Å². The third kappa shape index (κ3) is 5.25. The van der Waals surface area contributed by atoms with Crippen LogP contribution in [0.4, 0.5) is 24.5 Å². The third-order valence-electron chi connectivity index (χ3n) is 5.92. The van der Waals surface area contributed by atoms with E-state index < -0.39 is 35.2 Å². The van der Waals surface area contributed by atoms with Gasteiger partial charge in [-0.2, -0.15) is 13.2 Å². The first-order chi connectivity index (χ1) is 18.0. The SMILES string of the molecule is CCC(C(=O)Nc1cccc(C(F)(F)F)c1)n1cnc2sc(C(=O)Nc3ccccc3OC)c(C)c2c1=O. The van der Waals surface area contributed by atoms with Crippen LogP contribution in [0, 0.1) is 6.92 Å². The number of aryl methyl sites for hydroxylation is 1. The van der Waals surface area contributed by atoms with Crippen molar-refractivity contribution < 1.29 is 27.5 Å². The molecule has 0 aliphatic rings. The molecule has 12 heteroatoms. The second-order valence-corrected chi connectivity index (χ2v) is 9.34. The second-order valence-electron chi connectivity index (χ2n) is 8.34. The van der Waals surface area contributed by atoms with E-state index in [4.69, 9.17) is 4.74 Å². The number of nitrogens with one attached hydrogen (secondary N) is 2. The molecule has 1 unspecified atom stereocenters. The van der Waals surface area contributed by atoms with Crippen LogP contribution in [0.5, 0.6) is 5.75 Å². The number of para-hydroxylation sites is 2. The topological polar surface area (TPSA) is 102 Å². The van der Waals surface area contributed by atoms with E-state index in [0.29, 0.717) is 21.8 Å². The van der Waals surface area contributed by atoms with Crippen LogP contribution in [0.3, 0.4) is 0 Å². The number of halogens is 3. The first-order valence-corrected chi connectivity index (χ1v) is 12.3. The van der Waals surface area contributed by atoms with E-state index in [1.807, 2.05) is 0 Å². The Morgan fingerprint density at radius 1 is 1.13 bits per heavy atom. The van der Waals surface area contributed by atoms with Gasteiger partial charge in [0.2, 0.25) is 5.91 Å². The van der Waals surface area contributed by atoms with Gasteiger partial charge in [0.25, 0.3) is 11.5 Å².